The molecule has 0 unspecified atom stereocenters. The predicted molar refractivity (Wildman–Crippen MR) is 106 cm³/mol. The summed E-state index contributed by atoms with van der Waals surface area (Å²) in [5.41, 5.74) is 6.32. The molecule has 5 heteroatoms. The Bertz CT molecular complexity index is 1300. The van der Waals surface area contributed by atoms with Gasteiger partial charge in [-0.05, 0) is 12.1 Å². The van der Waals surface area contributed by atoms with Crippen molar-refractivity contribution in [3.63, 3.8) is 0 Å². The average molecular weight is 440 g/mol. The minimum Gasteiger partial charge on any atom is -0.226 e. The van der Waals surface area contributed by atoms with E-state index >= 15 is 0 Å². The third-order valence-electron chi connectivity index (χ3n) is 5.16. The molecule has 0 aliphatic rings. The van der Waals surface area contributed by atoms with Gasteiger partial charge in [0.05, 0.1) is 0 Å². The molecule has 28 heavy (non-hydrogen) atoms. The molecule has 3 aromatic carbocycles. The zero-order valence-electron chi connectivity index (χ0n) is 16.1. The molecule has 135 valence electrons. The van der Waals surface area contributed by atoms with Gasteiger partial charge in [-0.3, -0.25) is 0 Å². The number of fused-ring (bicyclic) bond motifs is 3. The van der Waals surface area contributed by atoms with Gasteiger partial charge in [0.2, 0.25) is 0 Å². The Morgan fingerprint density at radius 2 is 1.71 bits per heavy atom. The number of aryl methyl sites for hydroxylation is 2. The quantitative estimate of drug-likeness (QED) is 0.301. The molecule has 0 aliphatic carbocycles. The number of imidazole rings is 1. The first-order valence-electron chi connectivity index (χ1n) is 9.00. The molecular weight excluding hydrogens is 421 g/mol. The number of rotatable bonds is 2. The molecule has 5 rings (SSSR count). The minimum absolute atomic E-state index is 0. The summed E-state index contributed by atoms with van der Waals surface area (Å²) in [6.07, 6.45) is 0. The van der Waals surface area contributed by atoms with E-state index in [1.54, 1.807) is 0 Å². The van der Waals surface area contributed by atoms with Crippen LogP contribution < -0.4 is 4.68 Å². The third kappa shape index (κ3) is 2.83. The number of benzene rings is 3. The zero-order chi connectivity index (χ0) is 18.5. The maximum atomic E-state index is 4.89. The predicted octanol–water partition coefficient (Wildman–Crippen LogP) is 3.98. The van der Waals surface area contributed by atoms with E-state index in [0.29, 0.717) is 0 Å². The van der Waals surface area contributed by atoms with Crippen LogP contribution >= 0.6 is 0 Å². The van der Waals surface area contributed by atoms with Crippen LogP contribution in [0, 0.1) is 26.0 Å². The summed E-state index contributed by atoms with van der Waals surface area (Å²) in [6, 6.07) is 27.4. The summed E-state index contributed by atoms with van der Waals surface area (Å²) in [5.74, 6) is 2.01. The van der Waals surface area contributed by atoms with E-state index in [4.69, 9.17) is 4.98 Å². The summed E-state index contributed by atoms with van der Waals surface area (Å²) >= 11 is 0. The molecule has 4 nitrogen and oxygen atoms in total. The molecule has 1 radical (unpaired) electrons. The van der Waals surface area contributed by atoms with Gasteiger partial charge in [0.25, 0.3) is 5.82 Å². The fourth-order valence-corrected chi connectivity index (χ4v) is 3.64. The van der Waals surface area contributed by atoms with Crippen molar-refractivity contribution < 1.29 is 37.4 Å². The molecule has 0 N–H and O–H groups in total. The van der Waals surface area contributed by atoms with Gasteiger partial charge >= 0.3 is 5.78 Å². The van der Waals surface area contributed by atoms with Crippen molar-refractivity contribution in [3.05, 3.63) is 84.2 Å². The Hall–Kier alpha value is -2.30. The maximum absolute atomic E-state index is 4.89. The van der Waals surface area contributed by atoms with E-state index in [0.717, 1.165) is 45.0 Å². The van der Waals surface area contributed by atoms with Gasteiger partial charge in [0, 0.05) is 45.3 Å². The molecule has 2 aromatic heterocycles. The SMILES string of the molecule is Cc1ccc(-c2[c-]cccc2)[c-]c1-n1c2nc3ccccc3n2c(C)[n+]1C.[Y]. The molecule has 0 bridgehead atoms. The molecule has 5 aromatic rings. The molecule has 0 aliphatic heterocycles. The molecule has 2 heterocycles. The van der Waals surface area contributed by atoms with Crippen LogP contribution in [-0.2, 0) is 39.8 Å². The Labute approximate surface area is 189 Å². The van der Waals surface area contributed by atoms with Crippen molar-refractivity contribution in [3.8, 4) is 16.8 Å². The van der Waals surface area contributed by atoms with Crippen molar-refractivity contribution in [2.24, 2.45) is 7.05 Å². The van der Waals surface area contributed by atoms with Crippen LogP contribution in [0.2, 0.25) is 0 Å². The van der Waals surface area contributed by atoms with Crippen LogP contribution in [0.15, 0.2) is 60.7 Å². The second kappa shape index (κ2) is 7.27. The maximum Gasteiger partial charge on any atom is 0.342 e. The Morgan fingerprint density at radius 1 is 0.929 bits per heavy atom. The number of aromatic nitrogens is 4. The second-order valence-corrected chi connectivity index (χ2v) is 6.80. The smallest absolute Gasteiger partial charge is 0.226 e. The van der Waals surface area contributed by atoms with E-state index in [-0.39, 0.29) is 32.7 Å². The molecule has 0 saturated carbocycles. The molecule has 0 saturated heterocycles. The monoisotopic (exact) mass is 440 g/mol. The molecular formula is C23H19N4Y-. The van der Waals surface area contributed by atoms with Crippen molar-refractivity contribution in [1.82, 2.24) is 14.1 Å². The topological polar surface area (TPSA) is 26.1 Å². The molecule has 0 fully saturated rings. The largest absolute Gasteiger partial charge is 0.342 e. The average Bonchev–Trinajstić information content (AvgIpc) is 3.18. The van der Waals surface area contributed by atoms with E-state index < -0.39 is 0 Å². The van der Waals surface area contributed by atoms with Crippen LogP contribution in [0.3, 0.4) is 0 Å². The normalized spacial score (nSPS) is 11.1. The van der Waals surface area contributed by atoms with E-state index in [1.165, 1.54) is 0 Å². The number of hydrogen-bond acceptors (Lipinski definition) is 1. The van der Waals surface area contributed by atoms with Crippen molar-refractivity contribution >= 4 is 16.8 Å². The zero-order valence-corrected chi connectivity index (χ0v) is 19.0. The fraction of sp³-hybridized carbons (Fsp3) is 0.130. The van der Waals surface area contributed by atoms with E-state index in [1.807, 2.05) is 24.3 Å². The first-order chi connectivity index (χ1) is 13.1. The molecule has 0 atom stereocenters. The summed E-state index contributed by atoms with van der Waals surface area (Å²) < 4.78 is 6.47. The van der Waals surface area contributed by atoms with Crippen LogP contribution in [-0.4, -0.2) is 14.1 Å². The van der Waals surface area contributed by atoms with Crippen LogP contribution in [0.5, 0.6) is 0 Å². The summed E-state index contributed by atoms with van der Waals surface area (Å²) in [5, 5.41) is 0. The van der Waals surface area contributed by atoms with Crippen LogP contribution in [0.4, 0.5) is 0 Å². The fourth-order valence-electron chi connectivity index (χ4n) is 3.64. The Kier molecular flexibility index (Phi) is 4.94. The van der Waals surface area contributed by atoms with Crippen LogP contribution in [0.1, 0.15) is 11.4 Å². The molecule has 0 spiro atoms. The number of nitrogens with zero attached hydrogens (tertiary/aromatic N) is 4. The van der Waals surface area contributed by atoms with Gasteiger partial charge in [-0.25, -0.2) is 11.1 Å². The van der Waals surface area contributed by atoms with E-state index in [2.05, 4.69) is 83.2 Å². The van der Waals surface area contributed by atoms with Gasteiger partial charge in [-0.2, -0.15) is 50.5 Å². The van der Waals surface area contributed by atoms with Gasteiger partial charge in [0.15, 0.2) is 5.52 Å². The van der Waals surface area contributed by atoms with Crippen molar-refractivity contribution in [2.75, 3.05) is 0 Å². The Morgan fingerprint density at radius 3 is 2.50 bits per heavy atom. The van der Waals surface area contributed by atoms with Crippen LogP contribution in [0.25, 0.3) is 33.6 Å². The van der Waals surface area contributed by atoms with Gasteiger partial charge in [0.1, 0.15) is 12.6 Å². The minimum atomic E-state index is 0. The Balaban J connectivity index is 0.00000192. The second-order valence-electron chi connectivity index (χ2n) is 6.80. The first kappa shape index (κ1) is 19.0. The third-order valence-corrected chi connectivity index (χ3v) is 5.16. The molecule has 0 amide bonds. The van der Waals surface area contributed by atoms with Crippen molar-refractivity contribution in [1.29, 1.82) is 0 Å². The van der Waals surface area contributed by atoms with Crippen molar-refractivity contribution in [2.45, 2.75) is 13.8 Å². The van der Waals surface area contributed by atoms with Gasteiger partial charge in [-0.1, -0.05) is 19.1 Å². The van der Waals surface area contributed by atoms with E-state index in [9.17, 15) is 0 Å². The number of para-hydroxylation sites is 2. The van der Waals surface area contributed by atoms with Gasteiger partial charge < -0.3 is 0 Å². The first-order valence-corrected chi connectivity index (χ1v) is 9.00. The summed E-state index contributed by atoms with van der Waals surface area (Å²) in [6.45, 7) is 4.22. The standard InChI is InChI=1S/C23H19N4.Y/c1-16-13-14-19(18-9-5-4-6-10-18)15-22(16)27-23-24-20-11-7-8-12-21(20)26(23)17(2)25(27)3;/h4-9,11-14H,1-3H3;/q-1;. The summed E-state index contributed by atoms with van der Waals surface area (Å²) in [7, 11) is 2.06. The van der Waals surface area contributed by atoms with Gasteiger partial charge in [-0.15, -0.1) is 22.4 Å². The summed E-state index contributed by atoms with van der Waals surface area (Å²) in [4.78, 5) is 4.89. The number of hydrogen-bond donors (Lipinski definition) is 0.